The van der Waals surface area contributed by atoms with E-state index < -0.39 is 0 Å². The number of benzene rings is 1. The van der Waals surface area contributed by atoms with Gasteiger partial charge in [0.2, 0.25) is 5.95 Å². The summed E-state index contributed by atoms with van der Waals surface area (Å²) < 4.78 is 0. The largest absolute Gasteiger partial charge is 0.350 e. The van der Waals surface area contributed by atoms with Gasteiger partial charge < -0.3 is 10.6 Å². The zero-order valence-electron chi connectivity index (χ0n) is 11.1. The number of hydrogen-bond acceptors (Lipinski definition) is 5. The molecule has 1 aliphatic rings. The second kappa shape index (κ2) is 4.84. The third kappa shape index (κ3) is 2.99. The van der Waals surface area contributed by atoms with Gasteiger partial charge in [0.05, 0.1) is 6.20 Å². The van der Waals surface area contributed by atoms with E-state index in [0.29, 0.717) is 17.8 Å². The van der Waals surface area contributed by atoms with E-state index in [1.807, 2.05) is 6.07 Å². The molecule has 1 aliphatic carbocycles. The zero-order chi connectivity index (χ0) is 13.2. The molecule has 0 atom stereocenters. The van der Waals surface area contributed by atoms with Crippen molar-refractivity contribution in [3.05, 3.63) is 35.5 Å². The summed E-state index contributed by atoms with van der Waals surface area (Å²) in [5.74, 6) is 1.30. The maximum atomic E-state index is 4.40. The lowest BCUT2D eigenvalue weighted by molar-refractivity contribution is 0.947. The summed E-state index contributed by atoms with van der Waals surface area (Å²) in [5.41, 5.74) is 3.55. The first-order valence-corrected chi connectivity index (χ1v) is 6.51. The van der Waals surface area contributed by atoms with Crippen LogP contribution in [0.4, 0.5) is 17.5 Å². The molecule has 3 rings (SSSR count). The first kappa shape index (κ1) is 11.9. The topological polar surface area (TPSA) is 62.7 Å². The van der Waals surface area contributed by atoms with E-state index in [2.05, 4.69) is 51.8 Å². The van der Waals surface area contributed by atoms with Crippen molar-refractivity contribution < 1.29 is 0 Å². The van der Waals surface area contributed by atoms with E-state index in [0.717, 1.165) is 5.69 Å². The Hall–Kier alpha value is -2.17. The molecule has 19 heavy (non-hydrogen) atoms. The summed E-state index contributed by atoms with van der Waals surface area (Å²) in [6.45, 7) is 4.20. The first-order valence-electron chi connectivity index (χ1n) is 6.51. The summed E-state index contributed by atoms with van der Waals surface area (Å²) in [4.78, 5) is 4.40. The average Bonchev–Trinajstić information content (AvgIpc) is 3.18. The molecule has 0 radical (unpaired) electrons. The van der Waals surface area contributed by atoms with E-state index in [9.17, 15) is 0 Å². The predicted octanol–water partition coefficient (Wildman–Crippen LogP) is 2.81. The van der Waals surface area contributed by atoms with E-state index in [1.165, 1.54) is 24.0 Å². The monoisotopic (exact) mass is 255 g/mol. The van der Waals surface area contributed by atoms with Crippen LogP contribution in [0.25, 0.3) is 0 Å². The summed E-state index contributed by atoms with van der Waals surface area (Å²) in [7, 11) is 0. The van der Waals surface area contributed by atoms with Gasteiger partial charge >= 0.3 is 0 Å². The van der Waals surface area contributed by atoms with Crippen molar-refractivity contribution >= 4 is 17.5 Å². The lowest BCUT2D eigenvalue weighted by Crippen LogP contribution is -2.07. The fourth-order valence-corrected chi connectivity index (χ4v) is 1.80. The van der Waals surface area contributed by atoms with Gasteiger partial charge in [0, 0.05) is 11.7 Å². The van der Waals surface area contributed by atoms with E-state index in [-0.39, 0.29) is 0 Å². The standard InChI is InChI=1S/C14H17N5/c1-9-3-4-12(7-10(9)2)16-13-8-15-19-14(18-13)17-11-5-6-11/h3-4,7-8,11H,5-6H2,1-2H3,(H2,16,17,18,19). The molecule has 1 aromatic carbocycles. The van der Waals surface area contributed by atoms with Crippen molar-refractivity contribution in [1.29, 1.82) is 0 Å². The van der Waals surface area contributed by atoms with Crippen molar-refractivity contribution in [2.75, 3.05) is 10.6 Å². The van der Waals surface area contributed by atoms with Gasteiger partial charge in [-0.05, 0) is 49.9 Å². The highest BCUT2D eigenvalue weighted by Crippen LogP contribution is 2.23. The highest BCUT2D eigenvalue weighted by atomic mass is 15.3. The van der Waals surface area contributed by atoms with Crippen molar-refractivity contribution in [2.24, 2.45) is 0 Å². The Balaban J connectivity index is 1.75. The van der Waals surface area contributed by atoms with E-state index >= 15 is 0 Å². The number of anilines is 3. The van der Waals surface area contributed by atoms with Gasteiger partial charge in [-0.1, -0.05) is 6.07 Å². The molecule has 0 aliphatic heterocycles. The van der Waals surface area contributed by atoms with Crippen LogP contribution in [0.1, 0.15) is 24.0 Å². The Kier molecular flexibility index (Phi) is 3.03. The second-order valence-electron chi connectivity index (χ2n) is 5.01. The molecule has 5 heteroatoms. The molecule has 0 bridgehead atoms. The smallest absolute Gasteiger partial charge is 0.244 e. The summed E-state index contributed by atoms with van der Waals surface area (Å²) in [5, 5.41) is 14.4. The Morgan fingerprint density at radius 1 is 1.16 bits per heavy atom. The molecule has 5 nitrogen and oxygen atoms in total. The summed E-state index contributed by atoms with van der Waals surface area (Å²) >= 11 is 0. The average molecular weight is 255 g/mol. The van der Waals surface area contributed by atoms with Crippen LogP contribution in [0.2, 0.25) is 0 Å². The lowest BCUT2D eigenvalue weighted by atomic mass is 10.1. The molecule has 0 amide bonds. The van der Waals surface area contributed by atoms with Crippen LogP contribution >= 0.6 is 0 Å². The van der Waals surface area contributed by atoms with E-state index in [4.69, 9.17) is 0 Å². The van der Waals surface area contributed by atoms with Crippen LogP contribution < -0.4 is 10.6 Å². The molecule has 2 aromatic rings. The summed E-state index contributed by atoms with van der Waals surface area (Å²) in [6, 6.07) is 6.76. The van der Waals surface area contributed by atoms with Gasteiger partial charge in [0.25, 0.3) is 0 Å². The van der Waals surface area contributed by atoms with Crippen LogP contribution in [-0.4, -0.2) is 21.2 Å². The molecular weight excluding hydrogens is 238 g/mol. The van der Waals surface area contributed by atoms with Crippen LogP contribution in [-0.2, 0) is 0 Å². The lowest BCUT2D eigenvalue weighted by Gasteiger charge is -2.08. The van der Waals surface area contributed by atoms with Gasteiger partial charge in [-0.25, -0.2) is 0 Å². The number of aromatic nitrogens is 3. The minimum atomic E-state index is 0.527. The normalized spacial score (nSPS) is 14.2. The number of hydrogen-bond donors (Lipinski definition) is 2. The van der Waals surface area contributed by atoms with Crippen molar-refractivity contribution in [1.82, 2.24) is 15.2 Å². The quantitative estimate of drug-likeness (QED) is 0.879. The van der Waals surface area contributed by atoms with Gasteiger partial charge in [0.1, 0.15) is 0 Å². The molecule has 1 fully saturated rings. The molecule has 2 N–H and O–H groups in total. The number of nitrogens with zero attached hydrogens (tertiary/aromatic N) is 3. The molecule has 1 aromatic heterocycles. The fourth-order valence-electron chi connectivity index (χ4n) is 1.80. The van der Waals surface area contributed by atoms with Crippen LogP contribution in [0, 0.1) is 13.8 Å². The maximum absolute atomic E-state index is 4.40. The van der Waals surface area contributed by atoms with Gasteiger partial charge in [-0.2, -0.15) is 10.1 Å². The SMILES string of the molecule is Cc1ccc(Nc2cnnc(NC3CC3)n2)cc1C. The van der Waals surface area contributed by atoms with Gasteiger partial charge in [0.15, 0.2) is 5.82 Å². The zero-order valence-corrected chi connectivity index (χ0v) is 11.1. The minimum absolute atomic E-state index is 0.527. The predicted molar refractivity (Wildman–Crippen MR) is 75.7 cm³/mol. The van der Waals surface area contributed by atoms with Crippen LogP contribution in [0.15, 0.2) is 24.4 Å². The first-order chi connectivity index (χ1) is 9.20. The highest BCUT2D eigenvalue weighted by molar-refractivity contribution is 5.58. The van der Waals surface area contributed by atoms with E-state index in [1.54, 1.807) is 6.20 Å². The van der Waals surface area contributed by atoms with Crippen molar-refractivity contribution in [3.8, 4) is 0 Å². The van der Waals surface area contributed by atoms with Gasteiger partial charge in [-0.3, -0.25) is 0 Å². The van der Waals surface area contributed by atoms with Crippen molar-refractivity contribution in [3.63, 3.8) is 0 Å². The van der Waals surface area contributed by atoms with Gasteiger partial charge in [-0.15, -0.1) is 5.10 Å². The fraction of sp³-hybridized carbons (Fsp3) is 0.357. The third-order valence-electron chi connectivity index (χ3n) is 3.25. The molecule has 1 heterocycles. The van der Waals surface area contributed by atoms with Crippen LogP contribution in [0.3, 0.4) is 0 Å². The van der Waals surface area contributed by atoms with Crippen molar-refractivity contribution in [2.45, 2.75) is 32.7 Å². The molecular formula is C14H17N5. The Morgan fingerprint density at radius 3 is 2.74 bits per heavy atom. The third-order valence-corrected chi connectivity index (χ3v) is 3.25. The number of aryl methyl sites for hydroxylation is 2. The molecule has 0 spiro atoms. The second-order valence-corrected chi connectivity index (χ2v) is 5.01. The Bertz CT molecular complexity index is 592. The summed E-state index contributed by atoms with van der Waals surface area (Å²) in [6.07, 6.45) is 4.02. The molecule has 0 saturated heterocycles. The number of nitrogens with one attached hydrogen (secondary N) is 2. The number of rotatable bonds is 4. The van der Waals surface area contributed by atoms with Crippen LogP contribution in [0.5, 0.6) is 0 Å². The highest BCUT2D eigenvalue weighted by Gasteiger charge is 2.22. The Labute approximate surface area is 112 Å². The Morgan fingerprint density at radius 2 is 2.00 bits per heavy atom. The minimum Gasteiger partial charge on any atom is -0.350 e. The molecule has 1 saturated carbocycles. The molecule has 0 unspecified atom stereocenters. The molecule has 98 valence electrons. The maximum Gasteiger partial charge on any atom is 0.244 e.